The first-order chi connectivity index (χ1) is 5.88. The molecule has 2 heterocycles. The Balaban J connectivity index is 2.19. The molecular weight excluding hydrogens is 168 g/mol. The molecule has 0 saturated carbocycles. The third kappa shape index (κ3) is 1.38. The third-order valence-electron chi connectivity index (χ3n) is 2.03. The lowest BCUT2D eigenvalue weighted by Crippen LogP contribution is -2.34. The smallest absolute Gasteiger partial charge is 0.104 e. The van der Waals surface area contributed by atoms with Crippen molar-refractivity contribution in [2.75, 3.05) is 6.54 Å². The Morgan fingerprint density at radius 3 is 3.08 bits per heavy atom. The number of hydrogen-bond acceptors (Lipinski definition) is 3. The van der Waals surface area contributed by atoms with Gasteiger partial charge in [0, 0.05) is 17.0 Å². The molecule has 0 saturated heterocycles. The lowest BCUT2D eigenvalue weighted by Gasteiger charge is -2.21. The molecule has 0 aromatic carbocycles. The number of thiophene rings is 1. The molecule has 1 aromatic heterocycles. The van der Waals surface area contributed by atoms with E-state index in [4.69, 9.17) is 0 Å². The molecule has 0 aliphatic carbocycles. The predicted molar refractivity (Wildman–Crippen MR) is 52.1 cm³/mol. The van der Waals surface area contributed by atoms with Crippen LogP contribution in [0.25, 0.3) is 0 Å². The maximum absolute atomic E-state index is 3.37. The zero-order valence-electron chi connectivity index (χ0n) is 7.00. The molecule has 3 heteroatoms. The van der Waals surface area contributed by atoms with E-state index in [0.717, 1.165) is 6.54 Å². The largest absolute Gasteiger partial charge is 0.372 e. The van der Waals surface area contributed by atoms with Gasteiger partial charge >= 0.3 is 0 Å². The molecule has 0 fully saturated rings. The van der Waals surface area contributed by atoms with Gasteiger partial charge in [-0.15, -0.1) is 11.3 Å². The van der Waals surface area contributed by atoms with Crippen molar-refractivity contribution in [2.24, 2.45) is 0 Å². The maximum atomic E-state index is 3.37. The molecule has 1 atom stereocenters. The van der Waals surface area contributed by atoms with Crippen molar-refractivity contribution in [3.05, 3.63) is 34.2 Å². The minimum absolute atomic E-state index is 0.307. The highest BCUT2D eigenvalue weighted by atomic mass is 32.1. The summed E-state index contributed by atoms with van der Waals surface area (Å²) in [5, 5.41) is 8.78. The van der Waals surface area contributed by atoms with Crippen LogP contribution in [0.2, 0.25) is 0 Å². The summed E-state index contributed by atoms with van der Waals surface area (Å²) in [7, 11) is 0. The van der Waals surface area contributed by atoms with Crippen LogP contribution in [0.1, 0.15) is 16.6 Å². The zero-order valence-corrected chi connectivity index (χ0v) is 7.82. The number of aryl methyl sites for hydroxylation is 1. The maximum Gasteiger partial charge on any atom is 0.104 e. The van der Waals surface area contributed by atoms with Crippen LogP contribution in [0, 0.1) is 6.92 Å². The average Bonchev–Trinajstić information content (AvgIpc) is 2.53. The quantitative estimate of drug-likeness (QED) is 0.688. The number of rotatable bonds is 1. The van der Waals surface area contributed by atoms with Gasteiger partial charge in [-0.25, -0.2) is 0 Å². The second-order valence-electron chi connectivity index (χ2n) is 2.84. The lowest BCUT2D eigenvalue weighted by molar-refractivity contribution is 0.498. The highest BCUT2D eigenvalue weighted by Crippen LogP contribution is 2.21. The highest BCUT2D eigenvalue weighted by molar-refractivity contribution is 7.10. The van der Waals surface area contributed by atoms with Gasteiger partial charge in [-0.3, -0.25) is 5.32 Å². The molecule has 0 amide bonds. The molecule has 2 rings (SSSR count). The fraction of sp³-hybridized carbons (Fsp3) is 0.333. The van der Waals surface area contributed by atoms with E-state index in [0.29, 0.717) is 6.17 Å². The number of nitrogens with one attached hydrogen (secondary N) is 2. The standard InChI is InChI=1S/C9H12N2S/c1-7-8(3-6-12-7)9-10-4-2-5-11-9/h2-4,6,9-11H,5H2,1H3. The van der Waals surface area contributed by atoms with E-state index in [2.05, 4.69) is 35.1 Å². The van der Waals surface area contributed by atoms with Crippen molar-refractivity contribution in [2.45, 2.75) is 13.1 Å². The lowest BCUT2D eigenvalue weighted by atomic mass is 10.2. The first-order valence-corrected chi connectivity index (χ1v) is 4.94. The molecule has 0 radical (unpaired) electrons. The van der Waals surface area contributed by atoms with Crippen molar-refractivity contribution in [1.82, 2.24) is 10.6 Å². The summed E-state index contributed by atoms with van der Waals surface area (Å²) >= 11 is 1.79. The summed E-state index contributed by atoms with van der Waals surface area (Å²) in [5.74, 6) is 0. The Labute approximate surface area is 76.3 Å². The molecule has 1 aromatic rings. The minimum Gasteiger partial charge on any atom is -0.372 e. The van der Waals surface area contributed by atoms with E-state index < -0.39 is 0 Å². The molecule has 1 unspecified atom stereocenters. The molecule has 64 valence electrons. The molecule has 0 bridgehead atoms. The molecule has 2 N–H and O–H groups in total. The summed E-state index contributed by atoms with van der Waals surface area (Å²) in [6, 6.07) is 2.17. The summed E-state index contributed by atoms with van der Waals surface area (Å²) < 4.78 is 0. The monoisotopic (exact) mass is 180 g/mol. The first-order valence-electron chi connectivity index (χ1n) is 4.06. The molecular formula is C9H12N2S. The van der Waals surface area contributed by atoms with Gasteiger partial charge < -0.3 is 5.32 Å². The van der Waals surface area contributed by atoms with Crippen LogP contribution in [0.4, 0.5) is 0 Å². The van der Waals surface area contributed by atoms with Crippen LogP contribution in [0.3, 0.4) is 0 Å². The van der Waals surface area contributed by atoms with E-state index >= 15 is 0 Å². The van der Waals surface area contributed by atoms with E-state index in [9.17, 15) is 0 Å². The van der Waals surface area contributed by atoms with Gasteiger partial charge in [0.1, 0.15) is 6.17 Å². The summed E-state index contributed by atoms with van der Waals surface area (Å²) in [6.07, 6.45) is 4.40. The normalized spacial score (nSPS) is 22.2. The van der Waals surface area contributed by atoms with Crippen LogP contribution < -0.4 is 10.6 Å². The van der Waals surface area contributed by atoms with Gasteiger partial charge in [0.05, 0.1) is 0 Å². The Hall–Kier alpha value is -0.800. The van der Waals surface area contributed by atoms with Crippen LogP contribution in [0.5, 0.6) is 0 Å². The van der Waals surface area contributed by atoms with E-state index in [1.54, 1.807) is 11.3 Å². The third-order valence-corrected chi connectivity index (χ3v) is 2.89. The fourth-order valence-electron chi connectivity index (χ4n) is 1.36. The summed E-state index contributed by atoms with van der Waals surface area (Å²) in [5.41, 5.74) is 1.37. The molecule has 12 heavy (non-hydrogen) atoms. The second kappa shape index (κ2) is 3.29. The van der Waals surface area contributed by atoms with Gasteiger partial charge in [0.2, 0.25) is 0 Å². The average molecular weight is 180 g/mol. The van der Waals surface area contributed by atoms with Crippen molar-refractivity contribution in [1.29, 1.82) is 0 Å². The molecule has 1 aliphatic rings. The van der Waals surface area contributed by atoms with E-state index in [1.165, 1.54) is 10.4 Å². The summed E-state index contributed by atoms with van der Waals surface area (Å²) in [6.45, 7) is 3.11. The molecule has 2 nitrogen and oxygen atoms in total. The van der Waals surface area contributed by atoms with E-state index in [1.807, 2.05) is 6.20 Å². The van der Waals surface area contributed by atoms with Gasteiger partial charge in [0.15, 0.2) is 0 Å². The van der Waals surface area contributed by atoms with Crippen LogP contribution >= 0.6 is 11.3 Å². The fourth-order valence-corrected chi connectivity index (χ4v) is 2.10. The molecule has 1 aliphatic heterocycles. The van der Waals surface area contributed by atoms with Crippen LogP contribution in [-0.2, 0) is 0 Å². The van der Waals surface area contributed by atoms with Crippen molar-refractivity contribution in [3.63, 3.8) is 0 Å². The summed E-state index contributed by atoms with van der Waals surface area (Å²) in [4.78, 5) is 1.38. The second-order valence-corrected chi connectivity index (χ2v) is 3.96. The minimum atomic E-state index is 0.307. The van der Waals surface area contributed by atoms with Gasteiger partial charge in [-0.05, 0) is 24.6 Å². The Morgan fingerprint density at radius 2 is 2.50 bits per heavy atom. The number of hydrogen-bond donors (Lipinski definition) is 2. The van der Waals surface area contributed by atoms with Crippen molar-refractivity contribution >= 4 is 11.3 Å². The topological polar surface area (TPSA) is 24.1 Å². The van der Waals surface area contributed by atoms with Crippen molar-refractivity contribution < 1.29 is 0 Å². The van der Waals surface area contributed by atoms with Gasteiger partial charge in [0.25, 0.3) is 0 Å². The van der Waals surface area contributed by atoms with Gasteiger partial charge in [-0.2, -0.15) is 0 Å². The highest BCUT2D eigenvalue weighted by Gasteiger charge is 2.12. The van der Waals surface area contributed by atoms with Crippen LogP contribution in [-0.4, -0.2) is 6.54 Å². The van der Waals surface area contributed by atoms with Crippen LogP contribution in [0.15, 0.2) is 23.7 Å². The Kier molecular flexibility index (Phi) is 2.15. The zero-order chi connectivity index (χ0) is 8.39. The van der Waals surface area contributed by atoms with E-state index in [-0.39, 0.29) is 0 Å². The molecule has 0 spiro atoms. The Bertz CT molecular complexity index is 290. The first kappa shape index (κ1) is 7.83. The predicted octanol–water partition coefficient (Wildman–Crippen LogP) is 1.76. The van der Waals surface area contributed by atoms with Gasteiger partial charge in [-0.1, -0.05) is 6.08 Å². The SMILES string of the molecule is Cc1sccc1C1NC=CCN1. The van der Waals surface area contributed by atoms with Crippen molar-refractivity contribution in [3.8, 4) is 0 Å². The Morgan fingerprint density at radius 1 is 1.58 bits per heavy atom.